The van der Waals surface area contributed by atoms with Crippen molar-refractivity contribution in [1.29, 1.82) is 0 Å². The standard InChI is InChI=1S/C23H22O10/c1-10-17(31-11(2)24)9-16(28)23(30-10)33-22-20(29)19-15(27)7-14(26)8-18(19)32-21(22)12-3-5-13(25)6-4-12/h3-10,16,21-23,25-28H,1-2H3. The lowest BCUT2D eigenvalue weighted by molar-refractivity contribution is -0.234. The summed E-state index contributed by atoms with van der Waals surface area (Å²) in [5.41, 5.74) is 0.261. The van der Waals surface area contributed by atoms with Crippen molar-refractivity contribution < 1.29 is 49.0 Å². The van der Waals surface area contributed by atoms with Gasteiger partial charge >= 0.3 is 5.97 Å². The number of carbonyl (C=O) groups excluding carboxylic acids is 2. The van der Waals surface area contributed by atoms with E-state index in [-0.39, 0.29) is 28.6 Å². The largest absolute Gasteiger partial charge is 0.508 e. The Balaban J connectivity index is 1.69. The highest BCUT2D eigenvalue weighted by Crippen LogP contribution is 2.43. The van der Waals surface area contributed by atoms with Gasteiger partial charge < -0.3 is 39.4 Å². The molecule has 4 rings (SSSR count). The summed E-state index contributed by atoms with van der Waals surface area (Å²) in [5.74, 6) is -1.99. The zero-order valence-electron chi connectivity index (χ0n) is 17.7. The molecule has 0 spiro atoms. The molecule has 4 N–H and O–H groups in total. The molecular weight excluding hydrogens is 436 g/mol. The molecular formula is C23H22O10. The van der Waals surface area contributed by atoms with E-state index in [2.05, 4.69) is 0 Å². The molecule has 5 unspecified atom stereocenters. The maximum atomic E-state index is 13.4. The molecule has 2 aliphatic rings. The molecule has 0 amide bonds. The number of benzene rings is 2. The normalized spacial score (nSPS) is 26.7. The van der Waals surface area contributed by atoms with Crippen molar-refractivity contribution in [2.45, 2.75) is 44.6 Å². The average Bonchev–Trinajstić information content (AvgIpc) is 2.73. The van der Waals surface area contributed by atoms with Gasteiger partial charge in [-0.2, -0.15) is 0 Å². The fraction of sp³-hybridized carbons (Fsp3) is 0.304. The number of phenols is 3. The smallest absolute Gasteiger partial charge is 0.307 e. The summed E-state index contributed by atoms with van der Waals surface area (Å²) in [4.78, 5) is 24.6. The van der Waals surface area contributed by atoms with Crippen LogP contribution in [0.1, 0.15) is 35.9 Å². The van der Waals surface area contributed by atoms with Crippen LogP contribution in [0.3, 0.4) is 0 Å². The van der Waals surface area contributed by atoms with E-state index in [1.807, 2.05) is 0 Å². The summed E-state index contributed by atoms with van der Waals surface area (Å²) in [7, 11) is 0. The van der Waals surface area contributed by atoms with Crippen molar-refractivity contribution in [3.8, 4) is 23.0 Å². The van der Waals surface area contributed by atoms with E-state index in [1.165, 1.54) is 43.3 Å². The number of aromatic hydroxyl groups is 3. The minimum absolute atomic E-state index is 0.00274. The first-order valence-electron chi connectivity index (χ1n) is 10.1. The Morgan fingerprint density at radius 1 is 1.06 bits per heavy atom. The van der Waals surface area contributed by atoms with E-state index in [9.17, 15) is 30.0 Å². The van der Waals surface area contributed by atoms with Crippen LogP contribution in [-0.2, 0) is 19.0 Å². The molecule has 174 valence electrons. The van der Waals surface area contributed by atoms with Gasteiger partial charge in [0.1, 0.15) is 46.5 Å². The Bertz CT molecular complexity index is 1110. The van der Waals surface area contributed by atoms with Gasteiger partial charge in [0.15, 0.2) is 18.5 Å². The summed E-state index contributed by atoms with van der Waals surface area (Å²) < 4.78 is 22.4. The average molecular weight is 458 g/mol. The molecule has 0 bridgehead atoms. The molecule has 2 heterocycles. The predicted octanol–water partition coefficient (Wildman–Crippen LogP) is 2.06. The SMILES string of the molecule is CC(=O)OC1=CC(O)C(OC2C(=O)c3c(O)cc(O)cc3OC2c2ccc(O)cc2)OC1C. The lowest BCUT2D eigenvalue weighted by Gasteiger charge is -2.37. The van der Waals surface area contributed by atoms with Crippen molar-refractivity contribution in [2.75, 3.05) is 0 Å². The van der Waals surface area contributed by atoms with Gasteiger partial charge in [-0.05, 0) is 30.7 Å². The molecule has 0 aliphatic carbocycles. The molecule has 10 heteroatoms. The molecule has 5 atom stereocenters. The fourth-order valence-electron chi connectivity index (χ4n) is 3.72. The number of ether oxygens (including phenoxy) is 4. The first-order chi connectivity index (χ1) is 15.6. The van der Waals surface area contributed by atoms with E-state index >= 15 is 0 Å². The van der Waals surface area contributed by atoms with E-state index in [0.29, 0.717) is 5.56 Å². The van der Waals surface area contributed by atoms with Crippen LogP contribution >= 0.6 is 0 Å². The summed E-state index contributed by atoms with van der Waals surface area (Å²) in [6.07, 6.45) is -4.62. The molecule has 2 aromatic rings. The lowest BCUT2D eigenvalue weighted by Crippen LogP contribution is -2.47. The fourth-order valence-corrected chi connectivity index (χ4v) is 3.72. The predicted molar refractivity (Wildman–Crippen MR) is 111 cm³/mol. The van der Waals surface area contributed by atoms with Crippen LogP contribution in [0.2, 0.25) is 0 Å². The van der Waals surface area contributed by atoms with E-state index in [1.54, 1.807) is 6.92 Å². The summed E-state index contributed by atoms with van der Waals surface area (Å²) in [5, 5.41) is 40.2. The topological polar surface area (TPSA) is 152 Å². The van der Waals surface area contributed by atoms with Gasteiger partial charge in [-0.25, -0.2) is 0 Å². The highest BCUT2D eigenvalue weighted by molar-refractivity contribution is 6.05. The molecule has 33 heavy (non-hydrogen) atoms. The van der Waals surface area contributed by atoms with Gasteiger partial charge in [0.05, 0.1) is 0 Å². The minimum Gasteiger partial charge on any atom is -0.508 e. The van der Waals surface area contributed by atoms with Gasteiger partial charge in [0.25, 0.3) is 0 Å². The monoisotopic (exact) mass is 458 g/mol. The number of aliphatic hydroxyl groups excluding tert-OH is 1. The maximum absolute atomic E-state index is 13.4. The second-order valence-corrected chi connectivity index (χ2v) is 7.69. The van der Waals surface area contributed by atoms with Crippen LogP contribution in [0.5, 0.6) is 23.0 Å². The van der Waals surface area contributed by atoms with Crippen molar-refractivity contribution in [2.24, 2.45) is 0 Å². The van der Waals surface area contributed by atoms with E-state index < -0.39 is 48.2 Å². The zero-order valence-corrected chi connectivity index (χ0v) is 17.7. The third kappa shape index (κ3) is 4.49. The number of fused-ring (bicyclic) bond motifs is 1. The van der Waals surface area contributed by atoms with Crippen LogP contribution in [0, 0.1) is 0 Å². The van der Waals surface area contributed by atoms with Gasteiger partial charge in [-0.3, -0.25) is 9.59 Å². The third-order valence-electron chi connectivity index (χ3n) is 5.22. The molecule has 2 aliphatic heterocycles. The Morgan fingerprint density at radius 3 is 2.42 bits per heavy atom. The second kappa shape index (κ2) is 8.74. The number of carbonyl (C=O) groups is 2. The number of hydrogen-bond acceptors (Lipinski definition) is 10. The van der Waals surface area contributed by atoms with Crippen LogP contribution in [-0.4, -0.2) is 56.8 Å². The summed E-state index contributed by atoms with van der Waals surface area (Å²) in [6.45, 7) is 2.79. The molecule has 10 nitrogen and oxygen atoms in total. The highest BCUT2D eigenvalue weighted by atomic mass is 16.7. The molecule has 0 radical (unpaired) electrons. The van der Waals surface area contributed by atoms with Crippen LogP contribution in [0.15, 0.2) is 48.2 Å². The Labute approximate surface area is 188 Å². The Kier molecular flexibility index (Phi) is 5.98. The van der Waals surface area contributed by atoms with Gasteiger partial charge in [-0.1, -0.05) is 12.1 Å². The number of esters is 1. The molecule has 2 aromatic carbocycles. The van der Waals surface area contributed by atoms with Crippen LogP contribution in [0.4, 0.5) is 0 Å². The lowest BCUT2D eigenvalue weighted by atomic mass is 9.92. The van der Waals surface area contributed by atoms with Crippen molar-refractivity contribution in [3.05, 3.63) is 59.4 Å². The highest BCUT2D eigenvalue weighted by Gasteiger charge is 2.44. The molecule has 0 fully saturated rings. The number of phenolic OH excluding ortho intramolecular Hbond substituents is 3. The Hall–Kier alpha value is -3.60. The maximum Gasteiger partial charge on any atom is 0.307 e. The summed E-state index contributed by atoms with van der Waals surface area (Å²) >= 11 is 0. The first-order valence-corrected chi connectivity index (χ1v) is 10.1. The van der Waals surface area contributed by atoms with Crippen molar-refractivity contribution in [3.63, 3.8) is 0 Å². The zero-order chi connectivity index (χ0) is 23.9. The van der Waals surface area contributed by atoms with Crippen LogP contribution < -0.4 is 4.74 Å². The number of hydrogen-bond donors (Lipinski definition) is 4. The van der Waals surface area contributed by atoms with Crippen LogP contribution in [0.25, 0.3) is 0 Å². The second-order valence-electron chi connectivity index (χ2n) is 7.69. The number of Topliss-reactive ketones (excluding diaryl/α,β-unsaturated/α-hetero) is 1. The molecule has 0 saturated carbocycles. The quantitative estimate of drug-likeness (QED) is 0.501. The van der Waals surface area contributed by atoms with Crippen molar-refractivity contribution >= 4 is 11.8 Å². The number of aliphatic hydroxyl groups is 1. The van der Waals surface area contributed by atoms with Crippen molar-refractivity contribution in [1.82, 2.24) is 0 Å². The first kappa shape index (κ1) is 22.6. The number of ketones is 1. The molecule has 0 aromatic heterocycles. The number of rotatable bonds is 4. The van der Waals surface area contributed by atoms with E-state index in [4.69, 9.17) is 18.9 Å². The molecule has 0 saturated heterocycles. The summed E-state index contributed by atoms with van der Waals surface area (Å²) in [6, 6.07) is 8.04. The van der Waals surface area contributed by atoms with Gasteiger partial charge in [0, 0.05) is 19.1 Å². The van der Waals surface area contributed by atoms with Gasteiger partial charge in [-0.15, -0.1) is 0 Å². The van der Waals surface area contributed by atoms with E-state index in [0.717, 1.165) is 6.07 Å². The minimum atomic E-state index is -1.38. The third-order valence-corrected chi connectivity index (χ3v) is 5.22. The van der Waals surface area contributed by atoms with Gasteiger partial charge in [0.2, 0.25) is 5.78 Å². The Morgan fingerprint density at radius 2 is 1.76 bits per heavy atom.